The summed E-state index contributed by atoms with van der Waals surface area (Å²) >= 11 is 1.63. The lowest BCUT2D eigenvalue weighted by Crippen LogP contribution is -2.40. The van der Waals surface area contributed by atoms with E-state index in [1.165, 1.54) is 4.57 Å². The normalized spacial score (nSPS) is 13.0. The Kier molecular flexibility index (Phi) is 7.70. The molecule has 0 saturated heterocycles. The third-order valence-corrected chi connectivity index (χ3v) is 5.29. The van der Waals surface area contributed by atoms with E-state index in [1.54, 1.807) is 25.3 Å². The molecular weight excluding hydrogens is 380 g/mol. The van der Waals surface area contributed by atoms with E-state index in [0.717, 1.165) is 14.5 Å². The molecule has 0 radical (unpaired) electrons. The van der Waals surface area contributed by atoms with Crippen LogP contribution in [0.1, 0.15) is 35.7 Å². The summed E-state index contributed by atoms with van der Waals surface area (Å²) in [5.41, 5.74) is -0.481. The number of ether oxygens (including phenoxy) is 1. The monoisotopic (exact) mass is 408 g/mol. The summed E-state index contributed by atoms with van der Waals surface area (Å²) in [5, 5.41) is 9.99. The Morgan fingerprint density at radius 1 is 1.39 bits per heavy atom. The van der Waals surface area contributed by atoms with Gasteiger partial charge in [0, 0.05) is 43.6 Å². The summed E-state index contributed by atoms with van der Waals surface area (Å²) in [4.78, 5) is 35.3. The highest BCUT2D eigenvalue weighted by molar-refractivity contribution is 7.11. The van der Waals surface area contributed by atoms with Gasteiger partial charge in [0.25, 0.3) is 5.56 Å². The molecule has 2 rings (SSSR count). The van der Waals surface area contributed by atoms with Crippen LogP contribution in [0.25, 0.3) is 0 Å². The van der Waals surface area contributed by atoms with Crippen molar-refractivity contribution < 1.29 is 9.84 Å². The number of hydrogen-bond acceptors (Lipinski definition) is 7. The van der Waals surface area contributed by atoms with E-state index in [4.69, 9.17) is 9.84 Å². The topological polar surface area (TPSA) is 98.7 Å². The van der Waals surface area contributed by atoms with Crippen molar-refractivity contribution in [1.82, 2.24) is 14.1 Å². The summed E-state index contributed by atoms with van der Waals surface area (Å²) in [6, 6.07) is 0. The van der Waals surface area contributed by atoms with Gasteiger partial charge < -0.3 is 9.84 Å². The van der Waals surface area contributed by atoms with Crippen molar-refractivity contribution in [3.05, 3.63) is 42.5 Å². The van der Waals surface area contributed by atoms with Crippen LogP contribution in [0.2, 0.25) is 0 Å². The third-order valence-electron chi connectivity index (χ3n) is 4.36. The number of aryl methyl sites for hydroxylation is 1. The molecule has 0 saturated carbocycles. The number of nitrogens with zero attached hydrogens (tertiary/aromatic N) is 4. The van der Waals surface area contributed by atoms with Crippen molar-refractivity contribution in [3.63, 3.8) is 0 Å². The second-order valence-corrected chi connectivity index (χ2v) is 8.00. The van der Waals surface area contributed by atoms with Gasteiger partial charge in [-0.05, 0) is 27.2 Å². The first-order valence-electron chi connectivity index (χ1n) is 9.34. The molecule has 2 heterocycles. The second kappa shape index (κ2) is 9.79. The van der Waals surface area contributed by atoms with Crippen molar-refractivity contribution in [2.75, 3.05) is 13.2 Å². The van der Waals surface area contributed by atoms with E-state index in [0.29, 0.717) is 36.7 Å². The first-order valence-corrected chi connectivity index (χ1v) is 10.2. The maximum Gasteiger partial charge on any atom is 0.332 e. The van der Waals surface area contributed by atoms with Crippen LogP contribution in [0, 0.1) is 19.8 Å². The lowest BCUT2D eigenvalue weighted by molar-refractivity contribution is 0.277. The number of rotatable bonds is 8. The number of thiazole rings is 1. The maximum absolute atomic E-state index is 12.6. The molecule has 0 bridgehead atoms. The molecule has 28 heavy (non-hydrogen) atoms. The van der Waals surface area contributed by atoms with Gasteiger partial charge in [0.2, 0.25) is 0 Å². The molecule has 0 aliphatic rings. The fourth-order valence-electron chi connectivity index (χ4n) is 2.88. The Balaban J connectivity index is 2.46. The molecule has 2 aromatic heterocycles. The smallest absolute Gasteiger partial charge is 0.332 e. The van der Waals surface area contributed by atoms with Crippen molar-refractivity contribution >= 4 is 23.1 Å². The number of hydrogen-bond donors (Lipinski definition) is 1. The highest BCUT2D eigenvalue weighted by Gasteiger charge is 2.19. The van der Waals surface area contributed by atoms with Gasteiger partial charge in [0.05, 0.1) is 17.2 Å². The lowest BCUT2D eigenvalue weighted by atomic mass is 10.1. The van der Waals surface area contributed by atoms with E-state index < -0.39 is 11.2 Å². The van der Waals surface area contributed by atoms with Crippen LogP contribution in [0.15, 0.2) is 20.8 Å². The fourth-order valence-corrected chi connectivity index (χ4v) is 3.79. The van der Waals surface area contributed by atoms with Crippen LogP contribution in [-0.4, -0.2) is 38.3 Å². The molecule has 0 aliphatic carbocycles. The predicted molar refractivity (Wildman–Crippen MR) is 111 cm³/mol. The van der Waals surface area contributed by atoms with E-state index in [1.807, 2.05) is 27.0 Å². The van der Waals surface area contributed by atoms with Gasteiger partial charge in [-0.1, -0.05) is 6.92 Å². The predicted octanol–water partition coefficient (Wildman–Crippen LogP) is 1.95. The average molecular weight is 409 g/mol. The minimum absolute atomic E-state index is 0.0585. The number of aliphatic hydroxyl groups is 1. The summed E-state index contributed by atoms with van der Waals surface area (Å²) < 4.78 is 8.23. The van der Waals surface area contributed by atoms with Gasteiger partial charge in [0.1, 0.15) is 5.82 Å². The Hall–Kier alpha value is -2.26. The Morgan fingerprint density at radius 3 is 2.68 bits per heavy atom. The largest absolute Gasteiger partial charge is 0.481 e. The maximum atomic E-state index is 12.6. The molecule has 1 atom stereocenters. The van der Waals surface area contributed by atoms with Gasteiger partial charge in [-0.15, -0.1) is 11.3 Å². The third kappa shape index (κ3) is 4.96. The molecular formula is C19H28N4O4S. The number of aromatic nitrogens is 3. The summed E-state index contributed by atoms with van der Waals surface area (Å²) in [6.07, 6.45) is 2.84. The van der Waals surface area contributed by atoms with Crippen LogP contribution >= 0.6 is 11.3 Å². The fraction of sp³-hybridized carbons (Fsp3) is 0.579. The molecule has 0 fully saturated rings. The highest BCUT2D eigenvalue weighted by Crippen LogP contribution is 2.20. The average Bonchev–Trinajstić information content (AvgIpc) is 3.07. The van der Waals surface area contributed by atoms with Gasteiger partial charge in [-0.25, -0.2) is 9.78 Å². The zero-order chi connectivity index (χ0) is 20.8. The standard InChI is InChI=1S/C19H28N4O4S/c1-6-27-17(12(2)10-15-20-11-13(3)28-15)21-16-14(4)18(25)23(8-7-9-24)19(26)22(16)5/h11-12,24H,6-10H2,1-5H3. The Labute approximate surface area is 168 Å². The van der Waals surface area contributed by atoms with E-state index in [2.05, 4.69) is 9.98 Å². The quantitative estimate of drug-likeness (QED) is 0.532. The lowest BCUT2D eigenvalue weighted by Gasteiger charge is -2.17. The number of aliphatic imine (C=N–C) groups is 1. The molecule has 8 nitrogen and oxygen atoms in total. The second-order valence-electron chi connectivity index (χ2n) is 6.68. The molecule has 1 N–H and O–H groups in total. The molecule has 2 aromatic rings. The SMILES string of the molecule is CCOC(=Nc1c(C)c(=O)n(CCCO)c(=O)n1C)C(C)Cc1ncc(C)s1. The van der Waals surface area contributed by atoms with Crippen LogP contribution in [0.4, 0.5) is 5.82 Å². The highest BCUT2D eigenvalue weighted by atomic mass is 32.1. The van der Waals surface area contributed by atoms with E-state index >= 15 is 0 Å². The van der Waals surface area contributed by atoms with Crippen molar-refractivity contribution in [1.29, 1.82) is 0 Å². The number of aliphatic hydroxyl groups excluding tert-OH is 1. The minimum atomic E-state index is -0.457. The zero-order valence-corrected chi connectivity index (χ0v) is 17.9. The first kappa shape index (κ1) is 22.0. The molecule has 0 amide bonds. The molecule has 0 aromatic carbocycles. The Morgan fingerprint density at radius 2 is 2.11 bits per heavy atom. The van der Waals surface area contributed by atoms with Crippen molar-refractivity contribution in [2.45, 2.75) is 47.1 Å². The molecule has 1 unspecified atom stereocenters. The summed E-state index contributed by atoms with van der Waals surface area (Å²) in [5.74, 6) is 0.707. The molecule has 154 valence electrons. The zero-order valence-electron chi connectivity index (χ0n) is 17.1. The van der Waals surface area contributed by atoms with Crippen LogP contribution in [0.3, 0.4) is 0 Å². The van der Waals surface area contributed by atoms with Crippen LogP contribution < -0.4 is 11.2 Å². The van der Waals surface area contributed by atoms with Gasteiger partial charge in [0.15, 0.2) is 5.90 Å². The van der Waals surface area contributed by atoms with Crippen molar-refractivity contribution in [2.24, 2.45) is 18.0 Å². The van der Waals surface area contributed by atoms with Crippen LogP contribution in [-0.2, 0) is 24.8 Å². The summed E-state index contributed by atoms with van der Waals surface area (Å²) in [7, 11) is 1.58. The Bertz CT molecular complexity index is 921. The molecule has 0 spiro atoms. The summed E-state index contributed by atoms with van der Waals surface area (Å²) in [6.45, 7) is 8.03. The minimum Gasteiger partial charge on any atom is -0.481 e. The van der Waals surface area contributed by atoms with E-state index in [-0.39, 0.29) is 19.1 Å². The van der Waals surface area contributed by atoms with Crippen molar-refractivity contribution in [3.8, 4) is 0 Å². The molecule has 9 heteroatoms. The first-order chi connectivity index (χ1) is 13.3. The molecule has 0 aliphatic heterocycles. The van der Waals surface area contributed by atoms with Gasteiger partial charge >= 0.3 is 5.69 Å². The van der Waals surface area contributed by atoms with Gasteiger partial charge in [-0.2, -0.15) is 4.99 Å². The van der Waals surface area contributed by atoms with Crippen LogP contribution in [0.5, 0.6) is 0 Å². The van der Waals surface area contributed by atoms with Gasteiger partial charge in [-0.3, -0.25) is 13.9 Å². The van der Waals surface area contributed by atoms with E-state index in [9.17, 15) is 9.59 Å².